The Labute approximate surface area is 107 Å². The predicted molar refractivity (Wildman–Crippen MR) is 69.9 cm³/mol. The third-order valence-corrected chi connectivity index (χ3v) is 3.34. The first kappa shape index (κ1) is 12.7. The molecule has 2 rings (SSSR count). The number of para-hydroxylation sites is 1. The maximum absolute atomic E-state index is 10.9. The van der Waals surface area contributed by atoms with E-state index < -0.39 is 5.97 Å². The van der Waals surface area contributed by atoms with Crippen LogP contribution in [0.15, 0.2) is 35.9 Å². The number of ether oxygens (including phenoxy) is 1. The molecule has 96 valence electrons. The largest absolute Gasteiger partial charge is 0.494 e. The van der Waals surface area contributed by atoms with E-state index in [0.717, 1.165) is 18.6 Å². The van der Waals surface area contributed by atoms with Crippen LogP contribution in [0.25, 0.3) is 0 Å². The number of allylic oxidation sites excluding steroid dienone is 1. The Morgan fingerprint density at radius 1 is 1.44 bits per heavy atom. The first-order chi connectivity index (χ1) is 8.72. The van der Waals surface area contributed by atoms with Gasteiger partial charge in [-0.1, -0.05) is 24.3 Å². The van der Waals surface area contributed by atoms with Crippen molar-refractivity contribution in [1.29, 1.82) is 0 Å². The lowest BCUT2D eigenvalue weighted by molar-refractivity contribution is -0.132. The molecule has 1 aliphatic carbocycles. The van der Waals surface area contributed by atoms with Crippen molar-refractivity contribution >= 4 is 5.97 Å². The number of hydrogen-bond donors (Lipinski definition) is 1. The van der Waals surface area contributed by atoms with Crippen LogP contribution < -0.4 is 4.74 Å². The third-order valence-electron chi connectivity index (χ3n) is 3.34. The summed E-state index contributed by atoms with van der Waals surface area (Å²) in [4.78, 5) is 10.9. The van der Waals surface area contributed by atoms with Gasteiger partial charge in [0.15, 0.2) is 0 Å². The number of hydrogen-bond acceptors (Lipinski definition) is 2. The number of aliphatic carboxylic acids is 1. The van der Waals surface area contributed by atoms with E-state index in [4.69, 9.17) is 9.84 Å². The molecular formula is C15H18O3. The fourth-order valence-electron chi connectivity index (χ4n) is 2.42. The lowest BCUT2D eigenvalue weighted by Gasteiger charge is -2.22. The second-order valence-electron chi connectivity index (χ2n) is 4.48. The van der Waals surface area contributed by atoms with Crippen LogP contribution in [0.5, 0.6) is 5.75 Å². The van der Waals surface area contributed by atoms with Crippen LogP contribution in [0.3, 0.4) is 0 Å². The average molecular weight is 246 g/mol. The van der Waals surface area contributed by atoms with Gasteiger partial charge in [0.1, 0.15) is 5.75 Å². The summed E-state index contributed by atoms with van der Waals surface area (Å²) < 4.78 is 5.63. The Kier molecular flexibility index (Phi) is 4.03. The van der Waals surface area contributed by atoms with Crippen LogP contribution in [-0.4, -0.2) is 17.7 Å². The second kappa shape index (κ2) is 5.71. The van der Waals surface area contributed by atoms with Crippen LogP contribution in [0, 0.1) is 0 Å². The third kappa shape index (κ3) is 2.73. The minimum Gasteiger partial charge on any atom is -0.494 e. The number of carboxylic acids is 1. The Bertz CT molecular complexity index is 463. The highest BCUT2D eigenvalue weighted by Gasteiger charge is 2.21. The van der Waals surface area contributed by atoms with Gasteiger partial charge in [0.25, 0.3) is 0 Å². The molecule has 0 aliphatic heterocycles. The Hall–Kier alpha value is -1.77. The topological polar surface area (TPSA) is 46.5 Å². The highest BCUT2D eigenvalue weighted by molar-refractivity contribution is 5.86. The molecule has 1 atom stereocenters. The maximum Gasteiger partial charge on any atom is 0.331 e. The molecule has 0 bridgehead atoms. The van der Waals surface area contributed by atoms with Gasteiger partial charge in [-0.05, 0) is 43.7 Å². The van der Waals surface area contributed by atoms with Crippen LogP contribution in [0.2, 0.25) is 0 Å². The zero-order chi connectivity index (χ0) is 13.0. The molecule has 0 fully saturated rings. The van der Waals surface area contributed by atoms with Crippen LogP contribution in [0.4, 0.5) is 0 Å². The fraction of sp³-hybridized carbons (Fsp3) is 0.400. The lowest BCUT2D eigenvalue weighted by Crippen LogP contribution is -2.11. The monoisotopic (exact) mass is 246 g/mol. The van der Waals surface area contributed by atoms with Gasteiger partial charge in [0.05, 0.1) is 6.61 Å². The molecule has 0 aromatic heterocycles. The highest BCUT2D eigenvalue weighted by Crippen LogP contribution is 2.36. The van der Waals surface area contributed by atoms with E-state index >= 15 is 0 Å². The summed E-state index contributed by atoms with van der Waals surface area (Å²) in [6.07, 6.45) is 4.15. The summed E-state index contributed by atoms with van der Waals surface area (Å²) >= 11 is 0. The predicted octanol–water partition coefficient (Wildman–Crippen LogP) is 3.36. The SMILES string of the molecule is CCOc1ccccc1C1CC=C(C(=O)O)CC1. The Balaban J connectivity index is 2.16. The van der Waals surface area contributed by atoms with Crippen molar-refractivity contribution in [3.8, 4) is 5.75 Å². The first-order valence-corrected chi connectivity index (χ1v) is 6.36. The number of rotatable bonds is 4. The van der Waals surface area contributed by atoms with E-state index in [-0.39, 0.29) is 0 Å². The zero-order valence-electron chi connectivity index (χ0n) is 10.6. The molecule has 0 saturated carbocycles. The molecule has 0 saturated heterocycles. The van der Waals surface area contributed by atoms with Crippen LogP contribution >= 0.6 is 0 Å². The van der Waals surface area contributed by atoms with Gasteiger partial charge in [-0.3, -0.25) is 0 Å². The van der Waals surface area contributed by atoms with Crippen LogP contribution in [0.1, 0.15) is 37.7 Å². The van der Waals surface area contributed by atoms with E-state index in [1.165, 1.54) is 5.56 Å². The molecule has 18 heavy (non-hydrogen) atoms. The van der Waals surface area contributed by atoms with E-state index in [0.29, 0.717) is 24.5 Å². The Morgan fingerprint density at radius 2 is 2.22 bits per heavy atom. The van der Waals surface area contributed by atoms with Gasteiger partial charge < -0.3 is 9.84 Å². The van der Waals surface area contributed by atoms with Crippen molar-refractivity contribution < 1.29 is 14.6 Å². The van der Waals surface area contributed by atoms with E-state index in [2.05, 4.69) is 6.07 Å². The molecule has 1 aliphatic rings. The van der Waals surface area contributed by atoms with Crippen molar-refractivity contribution in [2.24, 2.45) is 0 Å². The summed E-state index contributed by atoms with van der Waals surface area (Å²) in [6.45, 7) is 2.63. The molecule has 1 aromatic carbocycles. The summed E-state index contributed by atoms with van der Waals surface area (Å²) in [5.41, 5.74) is 1.74. The molecule has 1 unspecified atom stereocenters. The molecule has 1 aromatic rings. The minimum absolute atomic E-state index is 0.371. The first-order valence-electron chi connectivity index (χ1n) is 6.36. The molecule has 0 heterocycles. The average Bonchev–Trinajstić information content (AvgIpc) is 2.40. The van der Waals surface area contributed by atoms with E-state index in [9.17, 15) is 4.79 Å². The normalized spacial score (nSPS) is 19.2. The smallest absolute Gasteiger partial charge is 0.331 e. The molecular weight excluding hydrogens is 228 g/mol. The van der Waals surface area contributed by atoms with Gasteiger partial charge in [-0.2, -0.15) is 0 Å². The molecule has 1 N–H and O–H groups in total. The van der Waals surface area contributed by atoms with Crippen molar-refractivity contribution in [2.45, 2.75) is 32.1 Å². The van der Waals surface area contributed by atoms with Crippen LogP contribution in [-0.2, 0) is 4.79 Å². The molecule has 3 heteroatoms. The molecule has 3 nitrogen and oxygen atoms in total. The maximum atomic E-state index is 10.9. The van der Waals surface area contributed by atoms with Gasteiger partial charge in [-0.25, -0.2) is 4.79 Å². The van der Waals surface area contributed by atoms with Crippen molar-refractivity contribution in [2.75, 3.05) is 6.61 Å². The highest BCUT2D eigenvalue weighted by atomic mass is 16.5. The van der Waals surface area contributed by atoms with E-state index in [1.807, 2.05) is 31.2 Å². The number of carboxylic acid groups (broad SMARTS) is 1. The number of carbonyl (C=O) groups is 1. The van der Waals surface area contributed by atoms with Crippen molar-refractivity contribution in [1.82, 2.24) is 0 Å². The minimum atomic E-state index is -0.786. The zero-order valence-corrected chi connectivity index (χ0v) is 10.6. The summed E-state index contributed by atoms with van der Waals surface area (Å²) in [7, 11) is 0. The molecule has 0 radical (unpaired) electrons. The number of benzene rings is 1. The van der Waals surface area contributed by atoms with Gasteiger partial charge in [-0.15, -0.1) is 0 Å². The fourth-order valence-corrected chi connectivity index (χ4v) is 2.42. The summed E-state index contributed by atoms with van der Waals surface area (Å²) in [5.74, 6) is 0.513. The summed E-state index contributed by atoms with van der Waals surface area (Å²) in [6, 6.07) is 8.04. The van der Waals surface area contributed by atoms with Gasteiger partial charge >= 0.3 is 5.97 Å². The standard InChI is InChI=1S/C15H18O3/c1-2-18-14-6-4-3-5-13(14)11-7-9-12(10-8-11)15(16)17/h3-6,9,11H,2,7-8,10H2,1H3,(H,16,17). The quantitative estimate of drug-likeness (QED) is 0.886. The summed E-state index contributed by atoms with van der Waals surface area (Å²) in [5, 5.41) is 8.94. The van der Waals surface area contributed by atoms with Crippen molar-refractivity contribution in [3.63, 3.8) is 0 Å². The lowest BCUT2D eigenvalue weighted by atomic mass is 9.84. The Morgan fingerprint density at radius 3 is 2.83 bits per heavy atom. The second-order valence-corrected chi connectivity index (χ2v) is 4.48. The van der Waals surface area contributed by atoms with E-state index in [1.54, 1.807) is 0 Å². The van der Waals surface area contributed by atoms with Gasteiger partial charge in [0.2, 0.25) is 0 Å². The van der Waals surface area contributed by atoms with Crippen molar-refractivity contribution in [3.05, 3.63) is 41.5 Å². The van der Waals surface area contributed by atoms with Gasteiger partial charge in [0, 0.05) is 5.57 Å². The molecule has 0 amide bonds. The molecule has 0 spiro atoms.